The summed E-state index contributed by atoms with van der Waals surface area (Å²) in [4.78, 5) is 4.04. The number of rotatable bonds is 1. The van der Waals surface area contributed by atoms with Gasteiger partial charge in [0.25, 0.3) is 0 Å². The van der Waals surface area contributed by atoms with Crippen LogP contribution in [0.5, 0.6) is 0 Å². The Kier molecular flexibility index (Phi) is 1.77. The van der Waals surface area contributed by atoms with E-state index < -0.39 is 5.60 Å². The maximum atomic E-state index is 10.1. The van der Waals surface area contributed by atoms with Crippen LogP contribution >= 0.6 is 0 Å². The van der Waals surface area contributed by atoms with Gasteiger partial charge in [0.2, 0.25) is 0 Å². The van der Waals surface area contributed by atoms with Gasteiger partial charge in [-0.1, -0.05) is 0 Å². The van der Waals surface area contributed by atoms with Gasteiger partial charge in [-0.15, -0.1) is 0 Å². The molecule has 0 unspecified atom stereocenters. The van der Waals surface area contributed by atoms with Crippen LogP contribution in [0.2, 0.25) is 0 Å². The van der Waals surface area contributed by atoms with E-state index >= 15 is 0 Å². The number of nitrogens with zero attached hydrogens (tertiary/aromatic N) is 1. The highest BCUT2D eigenvalue weighted by Crippen LogP contribution is 2.42. The van der Waals surface area contributed by atoms with Crippen molar-refractivity contribution in [2.45, 2.75) is 31.8 Å². The van der Waals surface area contributed by atoms with Crippen molar-refractivity contribution in [2.24, 2.45) is 0 Å². The zero-order valence-electron chi connectivity index (χ0n) is 7.75. The molecule has 1 aromatic rings. The van der Waals surface area contributed by atoms with Crippen molar-refractivity contribution in [3.8, 4) is 0 Å². The Morgan fingerprint density at radius 2 is 2.23 bits per heavy atom. The summed E-state index contributed by atoms with van der Waals surface area (Å²) >= 11 is 0. The van der Waals surface area contributed by atoms with Gasteiger partial charge in [0.1, 0.15) is 5.82 Å². The molecule has 0 saturated heterocycles. The zero-order chi connectivity index (χ0) is 9.47. The summed E-state index contributed by atoms with van der Waals surface area (Å²) in [5, 5.41) is 10.1. The SMILES string of the molecule is Cc1cnc(N)c(C2(O)CCC2)c1. The summed E-state index contributed by atoms with van der Waals surface area (Å²) in [6.07, 6.45) is 4.41. The number of aromatic nitrogens is 1. The number of nitrogen functional groups attached to an aromatic ring is 1. The lowest BCUT2D eigenvalue weighted by molar-refractivity contribution is -0.0383. The number of hydrogen-bond acceptors (Lipinski definition) is 3. The molecule has 0 spiro atoms. The standard InChI is InChI=1S/C10H14N2O/c1-7-5-8(9(11)12-6-7)10(13)3-2-4-10/h5-6,13H,2-4H2,1H3,(H2,11,12). The fourth-order valence-corrected chi connectivity index (χ4v) is 1.73. The molecule has 1 aliphatic carbocycles. The van der Waals surface area contributed by atoms with Gasteiger partial charge in [-0.05, 0) is 37.8 Å². The fourth-order valence-electron chi connectivity index (χ4n) is 1.73. The summed E-state index contributed by atoms with van der Waals surface area (Å²) in [5.41, 5.74) is 6.87. The molecule has 1 aliphatic rings. The van der Waals surface area contributed by atoms with E-state index in [0.29, 0.717) is 5.82 Å². The van der Waals surface area contributed by atoms with E-state index in [9.17, 15) is 5.11 Å². The minimum absolute atomic E-state index is 0.466. The van der Waals surface area contributed by atoms with Crippen LogP contribution in [-0.4, -0.2) is 10.1 Å². The summed E-state index contributed by atoms with van der Waals surface area (Å²) < 4.78 is 0. The third kappa shape index (κ3) is 1.29. The number of nitrogens with two attached hydrogens (primary N) is 1. The predicted octanol–water partition coefficient (Wildman–Crippen LogP) is 1.34. The van der Waals surface area contributed by atoms with Crippen LogP contribution in [0.4, 0.5) is 5.82 Å². The van der Waals surface area contributed by atoms with Gasteiger partial charge in [0.05, 0.1) is 5.60 Å². The maximum Gasteiger partial charge on any atom is 0.129 e. The van der Waals surface area contributed by atoms with Gasteiger partial charge < -0.3 is 10.8 Å². The minimum atomic E-state index is -0.691. The Labute approximate surface area is 77.6 Å². The molecule has 1 aromatic heterocycles. The first-order chi connectivity index (χ1) is 6.12. The van der Waals surface area contributed by atoms with E-state index in [0.717, 1.165) is 30.4 Å². The second-order valence-electron chi connectivity index (χ2n) is 3.83. The molecule has 0 atom stereocenters. The minimum Gasteiger partial charge on any atom is -0.385 e. The lowest BCUT2D eigenvalue weighted by Crippen LogP contribution is -2.34. The number of aliphatic hydroxyl groups is 1. The van der Waals surface area contributed by atoms with Gasteiger partial charge >= 0.3 is 0 Å². The van der Waals surface area contributed by atoms with E-state index in [-0.39, 0.29) is 0 Å². The van der Waals surface area contributed by atoms with Crippen LogP contribution in [0.15, 0.2) is 12.3 Å². The molecule has 3 N–H and O–H groups in total. The predicted molar refractivity (Wildman–Crippen MR) is 51.1 cm³/mol. The molecule has 0 aromatic carbocycles. The summed E-state index contributed by atoms with van der Waals surface area (Å²) in [6, 6.07) is 1.93. The number of aryl methyl sites for hydroxylation is 1. The lowest BCUT2D eigenvalue weighted by Gasteiger charge is -2.37. The van der Waals surface area contributed by atoms with E-state index in [2.05, 4.69) is 4.98 Å². The van der Waals surface area contributed by atoms with E-state index in [1.807, 2.05) is 13.0 Å². The highest BCUT2D eigenvalue weighted by molar-refractivity contribution is 5.45. The molecule has 1 fully saturated rings. The van der Waals surface area contributed by atoms with E-state index in [4.69, 9.17) is 5.73 Å². The molecule has 3 heteroatoms. The van der Waals surface area contributed by atoms with E-state index in [1.165, 1.54) is 0 Å². The first-order valence-corrected chi connectivity index (χ1v) is 4.57. The van der Waals surface area contributed by atoms with Crippen LogP contribution in [0.25, 0.3) is 0 Å². The zero-order valence-corrected chi connectivity index (χ0v) is 7.75. The smallest absolute Gasteiger partial charge is 0.129 e. The molecule has 0 radical (unpaired) electrons. The number of anilines is 1. The Morgan fingerprint density at radius 3 is 2.77 bits per heavy atom. The molecule has 13 heavy (non-hydrogen) atoms. The Bertz CT molecular complexity index is 332. The highest BCUT2D eigenvalue weighted by Gasteiger charge is 2.38. The summed E-state index contributed by atoms with van der Waals surface area (Å²) in [7, 11) is 0. The van der Waals surface area contributed by atoms with Crippen molar-refractivity contribution in [1.29, 1.82) is 0 Å². The summed E-state index contributed by atoms with van der Waals surface area (Å²) in [5.74, 6) is 0.466. The van der Waals surface area contributed by atoms with Crippen LogP contribution in [0.3, 0.4) is 0 Å². The third-order valence-electron chi connectivity index (χ3n) is 2.74. The van der Waals surface area contributed by atoms with Crippen molar-refractivity contribution in [1.82, 2.24) is 4.98 Å². The third-order valence-corrected chi connectivity index (χ3v) is 2.74. The van der Waals surface area contributed by atoms with Crippen molar-refractivity contribution < 1.29 is 5.11 Å². The fraction of sp³-hybridized carbons (Fsp3) is 0.500. The molecule has 0 amide bonds. The Hall–Kier alpha value is -1.09. The van der Waals surface area contributed by atoms with Crippen molar-refractivity contribution in [2.75, 3.05) is 5.73 Å². The molecular formula is C10H14N2O. The quantitative estimate of drug-likeness (QED) is 0.682. The van der Waals surface area contributed by atoms with Crippen molar-refractivity contribution >= 4 is 5.82 Å². The van der Waals surface area contributed by atoms with Gasteiger partial charge in [-0.25, -0.2) is 4.98 Å². The average molecular weight is 178 g/mol. The second kappa shape index (κ2) is 2.70. The van der Waals surface area contributed by atoms with Crippen LogP contribution in [-0.2, 0) is 5.60 Å². The van der Waals surface area contributed by atoms with Crippen molar-refractivity contribution in [3.63, 3.8) is 0 Å². The molecule has 0 aliphatic heterocycles. The monoisotopic (exact) mass is 178 g/mol. The highest BCUT2D eigenvalue weighted by atomic mass is 16.3. The molecule has 0 bridgehead atoms. The van der Waals surface area contributed by atoms with Crippen LogP contribution in [0, 0.1) is 6.92 Å². The largest absolute Gasteiger partial charge is 0.385 e. The Morgan fingerprint density at radius 1 is 1.54 bits per heavy atom. The van der Waals surface area contributed by atoms with Gasteiger partial charge in [0, 0.05) is 11.8 Å². The van der Waals surface area contributed by atoms with Crippen molar-refractivity contribution in [3.05, 3.63) is 23.4 Å². The maximum absolute atomic E-state index is 10.1. The topological polar surface area (TPSA) is 59.1 Å². The first-order valence-electron chi connectivity index (χ1n) is 4.57. The second-order valence-corrected chi connectivity index (χ2v) is 3.83. The lowest BCUT2D eigenvalue weighted by atomic mass is 9.75. The normalized spacial score (nSPS) is 19.5. The van der Waals surface area contributed by atoms with Crippen LogP contribution < -0.4 is 5.73 Å². The average Bonchev–Trinajstić information content (AvgIpc) is 2.05. The molecule has 1 heterocycles. The van der Waals surface area contributed by atoms with Crippen LogP contribution in [0.1, 0.15) is 30.4 Å². The molecule has 3 nitrogen and oxygen atoms in total. The number of pyridine rings is 1. The van der Waals surface area contributed by atoms with Gasteiger partial charge in [-0.3, -0.25) is 0 Å². The molecular weight excluding hydrogens is 164 g/mol. The first kappa shape index (κ1) is 8.51. The van der Waals surface area contributed by atoms with E-state index in [1.54, 1.807) is 6.20 Å². The Balaban J connectivity index is 2.43. The number of hydrogen-bond donors (Lipinski definition) is 2. The summed E-state index contributed by atoms with van der Waals surface area (Å²) in [6.45, 7) is 1.96. The molecule has 2 rings (SSSR count). The van der Waals surface area contributed by atoms with Gasteiger partial charge in [0.15, 0.2) is 0 Å². The molecule has 70 valence electrons. The van der Waals surface area contributed by atoms with Gasteiger partial charge in [-0.2, -0.15) is 0 Å². The molecule has 1 saturated carbocycles.